The number of methoxy groups -OCH3 is 2. The van der Waals surface area contributed by atoms with E-state index in [1.165, 1.54) is 14.2 Å². The van der Waals surface area contributed by atoms with Crippen molar-refractivity contribution in [3.8, 4) is 0 Å². The van der Waals surface area contributed by atoms with Gasteiger partial charge in [-0.15, -0.1) is 0 Å². The van der Waals surface area contributed by atoms with E-state index in [4.69, 9.17) is 37.4 Å². The largest absolute Gasteiger partial charge is 0.681 e. The quantitative estimate of drug-likeness (QED) is 0.257. The zero-order valence-electron chi connectivity index (χ0n) is 11.7. The molecule has 0 bridgehead atoms. The van der Waals surface area contributed by atoms with Crippen LogP contribution in [-0.4, -0.2) is 79.4 Å². The maximum Gasteiger partial charge on any atom is 0.681 e. The molecule has 0 aromatic rings. The summed E-state index contributed by atoms with van der Waals surface area (Å²) in [5, 5.41) is 17.7. The second kappa shape index (κ2) is 11.7. The molecule has 0 rings (SSSR count). The third-order valence-corrected chi connectivity index (χ3v) is 4.24. The average Bonchev–Trinajstić information content (AvgIpc) is 2.43. The van der Waals surface area contributed by atoms with E-state index in [1.54, 1.807) is 6.92 Å². The van der Waals surface area contributed by atoms with E-state index in [-0.39, 0.29) is 33.0 Å². The molecule has 0 aliphatic carbocycles. The van der Waals surface area contributed by atoms with Crippen LogP contribution in [0.5, 0.6) is 0 Å². The highest BCUT2D eigenvalue weighted by Gasteiger charge is 2.47. The second-order valence-corrected chi connectivity index (χ2v) is 5.51. The monoisotopic (exact) mass is 300 g/mol. The molecule has 0 spiro atoms. The molecule has 0 saturated carbocycles. The topological polar surface area (TPSA) is 95.8 Å². The molecular weight excluding hydrogens is 276 g/mol. The normalized spacial score (nSPS) is 13.7. The molecule has 2 N–H and O–H groups in total. The fraction of sp³-hybridized carbons (Fsp3) is 1.00. The first-order valence-electron chi connectivity index (χ1n) is 5.97. The van der Waals surface area contributed by atoms with Gasteiger partial charge in [-0.05, 0) is 6.92 Å². The number of aliphatic hydroxyl groups excluding tert-OH is 2. The van der Waals surface area contributed by atoms with Crippen molar-refractivity contribution in [2.75, 3.05) is 53.9 Å². The maximum atomic E-state index is 8.84. The first-order chi connectivity index (χ1) is 9.14. The smallest absolute Gasteiger partial charge is 0.394 e. The van der Waals surface area contributed by atoms with Crippen LogP contribution in [0.15, 0.2) is 0 Å². The van der Waals surface area contributed by atoms with Crippen molar-refractivity contribution in [2.24, 2.45) is 0 Å². The minimum Gasteiger partial charge on any atom is -0.394 e. The SMILES string of the molecule is COCCO[Si](OCCO)(OCCO)OC(C)OC. The summed E-state index contributed by atoms with van der Waals surface area (Å²) in [4.78, 5) is 0. The zero-order valence-corrected chi connectivity index (χ0v) is 12.7. The van der Waals surface area contributed by atoms with Gasteiger partial charge in [-0.2, -0.15) is 0 Å². The van der Waals surface area contributed by atoms with Crippen molar-refractivity contribution >= 4 is 9.05 Å². The summed E-state index contributed by atoms with van der Waals surface area (Å²) in [6.07, 6.45) is -0.605. The van der Waals surface area contributed by atoms with Crippen molar-refractivity contribution < 1.29 is 37.4 Å². The van der Waals surface area contributed by atoms with E-state index in [9.17, 15) is 0 Å². The van der Waals surface area contributed by atoms with Gasteiger partial charge < -0.3 is 37.4 Å². The molecule has 9 heteroatoms. The summed E-state index contributed by atoms with van der Waals surface area (Å²) < 4.78 is 31.6. The second-order valence-electron chi connectivity index (χ2n) is 3.41. The molecule has 0 aliphatic rings. The van der Waals surface area contributed by atoms with Gasteiger partial charge in [0.15, 0.2) is 6.29 Å². The van der Waals surface area contributed by atoms with E-state index >= 15 is 0 Å². The number of hydrogen-bond donors (Lipinski definition) is 2. The van der Waals surface area contributed by atoms with Gasteiger partial charge in [-0.25, -0.2) is 0 Å². The van der Waals surface area contributed by atoms with Crippen LogP contribution < -0.4 is 0 Å². The van der Waals surface area contributed by atoms with E-state index < -0.39 is 15.3 Å². The molecule has 0 aliphatic heterocycles. The molecule has 0 aromatic heterocycles. The molecule has 8 nitrogen and oxygen atoms in total. The molecule has 0 radical (unpaired) electrons. The molecular formula is C10H24O8Si. The summed E-state index contributed by atoms with van der Waals surface area (Å²) in [6, 6.07) is 0. The number of aliphatic hydroxyl groups is 2. The molecule has 19 heavy (non-hydrogen) atoms. The lowest BCUT2D eigenvalue weighted by atomic mass is 10.8. The Morgan fingerprint density at radius 2 is 1.42 bits per heavy atom. The standard InChI is InChI=1S/C10H24O8Si/c1-10(14-3)18-19(15-6-4-11,16-7-5-12)17-9-8-13-2/h10-12H,4-9H2,1-3H3. The Morgan fingerprint density at radius 3 is 1.84 bits per heavy atom. The zero-order chi connectivity index (χ0) is 14.6. The van der Waals surface area contributed by atoms with Crippen LogP contribution in [0.2, 0.25) is 0 Å². The summed E-state index contributed by atoms with van der Waals surface area (Å²) in [5.41, 5.74) is 0. The van der Waals surface area contributed by atoms with Gasteiger partial charge in [0, 0.05) is 14.2 Å². The lowest BCUT2D eigenvalue weighted by molar-refractivity contribution is -0.134. The van der Waals surface area contributed by atoms with Gasteiger partial charge in [-0.1, -0.05) is 0 Å². The van der Waals surface area contributed by atoms with Gasteiger partial charge in [0.1, 0.15) is 0 Å². The van der Waals surface area contributed by atoms with Crippen LogP contribution in [0, 0.1) is 0 Å². The Morgan fingerprint density at radius 1 is 0.895 bits per heavy atom. The molecule has 1 atom stereocenters. The molecule has 0 amide bonds. The number of ether oxygens (including phenoxy) is 2. The van der Waals surface area contributed by atoms with Crippen LogP contribution >= 0.6 is 0 Å². The summed E-state index contributed by atoms with van der Waals surface area (Å²) in [5.74, 6) is 0. The highest BCUT2D eigenvalue weighted by atomic mass is 28.4. The van der Waals surface area contributed by atoms with Gasteiger partial charge in [-0.3, -0.25) is 0 Å². The fourth-order valence-electron chi connectivity index (χ4n) is 1.07. The highest BCUT2D eigenvalue weighted by molar-refractivity contribution is 6.53. The minimum atomic E-state index is -3.48. The molecule has 116 valence electrons. The van der Waals surface area contributed by atoms with Gasteiger partial charge in [0.25, 0.3) is 0 Å². The van der Waals surface area contributed by atoms with E-state index in [2.05, 4.69) is 0 Å². The van der Waals surface area contributed by atoms with Crippen molar-refractivity contribution in [1.29, 1.82) is 0 Å². The molecule has 0 aromatic carbocycles. The highest BCUT2D eigenvalue weighted by Crippen LogP contribution is 2.15. The molecule has 0 fully saturated rings. The summed E-state index contributed by atoms with van der Waals surface area (Å²) in [7, 11) is -0.478. The third kappa shape index (κ3) is 8.63. The van der Waals surface area contributed by atoms with E-state index in [0.717, 1.165) is 0 Å². The number of hydrogen-bond acceptors (Lipinski definition) is 8. The summed E-state index contributed by atoms with van der Waals surface area (Å²) >= 11 is 0. The van der Waals surface area contributed by atoms with Crippen LogP contribution in [0.3, 0.4) is 0 Å². The average molecular weight is 300 g/mol. The summed E-state index contributed by atoms with van der Waals surface area (Å²) in [6.45, 7) is 1.81. The fourth-order valence-corrected chi connectivity index (χ4v) is 3.04. The maximum absolute atomic E-state index is 8.84. The van der Waals surface area contributed by atoms with E-state index in [0.29, 0.717) is 6.61 Å². The first-order valence-corrected chi connectivity index (χ1v) is 7.60. The van der Waals surface area contributed by atoms with Gasteiger partial charge in [0.05, 0.1) is 39.6 Å². The lowest BCUT2D eigenvalue weighted by Crippen LogP contribution is -2.53. The Bertz CT molecular complexity index is 198. The van der Waals surface area contributed by atoms with Crippen molar-refractivity contribution in [3.05, 3.63) is 0 Å². The van der Waals surface area contributed by atoms with Gasteiger partial charge in [0.2, 0.25) is 0 Å². The third-order valence-electron chi connectivity index (χ3n) is 1.95. The minimum absolute atomic E-state index is 0.00106. The Labute approximate surface area is 114 Å². The first kappa shape index (κ1) is 18.9. The van der Waals surface area contributed by atoms with Crippen LogP contribution in [-0.2, 0) is 27.2 Å². The van der Waals surface area contributed by atoms with Crippen molar-refractivity contribution in [1.82, 2.24) is 0 Å². The number of rotatable bonds is 13. The van der Waals surface area contributed by atoms with Crippen molar-refractivity contribution in [3.63, 3.8) is 0 Å². The van der Waals surface area contributed by atoms with Crippen LogP contribution in [0.25, 0.3) is 0 Å². The molecule has 0 saturated heterocycles. The van der Waals surface area contributed by atoms with E-state index in [1.807, 2.05) is 0 Å². The van der Waals surface area contributed by atoms with Gasteiger partial charge >= 0.3 is 9.05 Å². The predicted octanol–water partition coefficient (Wildman–Crippen LogP) is -0.888. The Kier molecular flexibility index (Phi) is 11.6. The Hall–Kier alpha value is -0.103. The van der Waals surface area contributed by atoms with Crippen LogP contribution in [0.4, 0.5) is 0 Å². The predicted molar refractivity (Wildman–Crippen MR) is 67.2 cm³/mol. The van der Waals surface area contributed by atoms with Crippen molar-refractivity contribution in [2.45, 2.75) is 13.2 Å². The lowest BCUT2D eigenvalue weighted by Gasteiger charge is -2.29. The Balaban J connectivity index is 4.62. The van der Waals surface area contributed by atoms with Crippen LogP contribution in [0.1, 0.15) is 6.92 Å². The molecule has 1 unspecified atom stereocenters. The molecule has 0 heterocycles.